The Labute approximate surface area is 105 Å². The van der Waals surface area contributed by atoms with E-state index in [0.717, 1.165) is 5.69 Å². The maximum absolute atomic E-state index is 11.9. The molecule has 1 saturated heterocycles. The van der Waals surface area contributed by atoms with Gasteiger partial charge in [-0.3, -0.25) is 9.59 Å². The van der Waals surface area contributed by atoms with Gasteiger partial charge in [-0.1, -0.05) is 0 Å². The van der Waals surface area contributed by atoms with Gasteiger partial charge in [0, 0.05) is 26.1 Å². The predicted molar refractivity (Wildman–Crippen MR) is 67.3 cm³/mol. The topological polar surface area (TPSA) is 83.1 Å². The maximum Gasteiger partial charge on any atom is 0.270 e. The second-order valence-electron chi connectivity index (χ2n) is 4.20. The van der Waals surface area contributed by atoms with Crippen molar-refractivity contribution in [3.05, 3.63) is 24.0 Å². The number of rotatable bonds is 3. The first-order valence-corrected chi connectivity index (χ1v) is 5.90. The summed E-state index contributed by atoms with van der Waals surface area (Å²) in [6.07, 6.45) is 2.74. The van der Waals surface area contributed by atoms with E-state index in [1.54, 1.807) is 25.4 Å². The molecule has 2 heterocycles. The van der Waals surface area contributed by atoms with Gasteiger partial charge in [-0.25, -0.2) is 4.98 Å². The molecule has 0 spiro atoms. The van der Waals surface area contributed by atoms with Crippen LogP contribution >= 0.6 is 0 Å². The molecule has 2 amide bonds. The van der Waals surface area contributed by atoms with Crippen molar-refractivity contribution in [3.63, 3.8) is 0 Å². The smallest absolute Gasteiger partial charge is 0.270 e. The molecule has 18 heavy (non-hydrogen) atoms. The van der Waals surface area contributed by atoms with E-state index in [0.29, 0.717) is 25.1 Å². The van der Waals surface area contributed by atoms with Gasteiger partial charge in [0.2, 0.25) is 5.91 Å². The van der Waals surface area contributed by atoms with Crippen LogP contribution in [0.15, 0.2) is 18.3 Å². The van der Waals surface area contributed by atoms with Crippen molar-refractivity contribution in [2.24, 2.45) is 0 Å². The molecule has 1 fully saturated rings. The third-order valence-electron chi connectivity index (χ3n) is 2.89. The second kappa shape index (κ2) is 5.48. The fourth-order valence-electron chi connectivity index (χ4n) is 1.79. The van der Waals surface area contributed by atoms with Gasteiger partial charge >= 0.3 is 0 Å². The molecule has 1 aliphatic rings. The summed E-state index contributed by atoms with van der Waals surface area (Å²) in [6, 6.07) is 3.45. The summed E-state index contributed by atoms with van der Waals surface area (Å²) in [5.74, 6) is -0.171. The summed E-state index contributed by atoms with van der Waals surface area (Å²) in [4.78, 5) is 26.9. The third-order valence-corrected chi connectivity index (χ3v) is 2.89. The van der Waals surface area contributed by atoms with Crippen molar-refractivity contribution >= 4 is 17.5 Å². The van der Waals surface area contributed by atoms with E-state index in [2.05, 4.69) is 20.9 Å². The van der Waals surface area contributed by atoms with Crippen molar-refractivity contribution < 1.29 is 9.59 Å². The zero-order valence-electron chi connectivity index (χ0n) is 10.2. The maximum atomic E-state index is 11.9. The van der Waals surface area contributed by atoms with Gasteiger partial charge in [-0.2, -0.15) is 0 Å². The largest absolute Gasteiger partial charge is 0.387 e. The Hall–Kier alpha value is -2.11. The molecule has 1 unspecified atom stereocenters. The Morgan fingerprint density at radius 3 is 2.89 bits per heavy atom. The SMILES string of the molecule is CNc1ccc(C(=O)NC2CCC(=O)NC2)nc1. The molecule has 0 saturated carbocycles. The number of carbonyl (C=O) groups excluding carboxylic acids is 2. The lowest BCUT2D eigenvalue weighted by atomic mass is 10.1. The van der Waals surface area contributed by atoms with E-state index in [1.807, 2.05) is 0 Å². The first-order chi connectivity index (χ1) is 8.69. The summed E-state index contributed by atoms with van der Waals surface area (Å²) in [5.41, 5.74) is 1.24. The first kappa shape index (κ1) is 12.3. The lowest BCUT2D eigenvalue weighted by Crippen LogP contribution is -2.47. The predicted octanol–water partition coefficient (Wildman–Crippen LogP) is 0.132. The summed E-state index contributed by atoms with van der Waals surface area (Å²) in [5, 5.41) is 8.52. The molecule has 1 aromatic rings. The monoisotopic (exact) mass is 248 g/mol. The van der Waals surface area contributed by atoms with Gasteiger partial charge in [0.25, 0.3) is 5.91 Å². The lowest BCUT2D eigenvalue weighted by molar-refractivity contribution is -0.122. The Morgan fingerprint density at radius 2 is 2.33 bits per heavy atom. The van der Waals surface area contributed by atoms with E-state index in [4.69, 9.17) is 0 Å². The van der Waals surface area contributed by atoms with E-state index in [-0.39, 0.29) is 17.9 Å². The van der Waals surface area contributed by atoms with Crippen molar-refractivity contribution in [1.82, 2.24) is 15.6 Å². The van der Waals surface area contributed by atoms with Gasteiger partial charge in [-0.15, -0.1) is 0 Å². The van der Waals surface area contributed by atoms with Crippen LogP contribution in [0.3, 0.4) is 0 Å². The Morgan fingerprint density at radius 1 is 1.50 bits per heavy atom. The molecule has 6 nitrogen and oxygen atoms in total. The molecule has 1 aliphatic heterocycles. The van der Waals surface area contributed by atoms with Gasteiger partial charge in [-0.05, 0) is 18.6 Å². The molecule has 0 radical (unpaired) electrons. The van der Waals surface area contributed by atoms with Crippen LogP contribution in [0.25, 0.3) is 0 Å². The van der Waals surface area contributed by atoms with Crippen LogP contribution in [0.4, 0.5) is 5.69 Å². The standard InChI is InChI=1S/C12H16N4O2/c1-13-8-2-4-10(14-6-8)12(18)16-9-3-5-11(17)15-7-9/h2,4,6,9,13H,3,5,7H2,1H3,(H,15,17)(H,16,18). The molecule has 96 valence electrons. The van der Waals surface area contributed by atoms with Crippen molar-refractivity contribution in [3.8, 4) is 0 Å². The number of carbonyl (C=O) groups is 2. The summed E-state index contributed by atoms with van der Waals surface area (Å²) in [7, 11) is 1.79. The van der Waals surface area contributed by atoms with Crippen molar-refractivity contribution in [2.75, 3.05) is 18.9 Å². The van der Waals surface area contributed by atoms with Crippen molar-refractivity contribution in [2.45, 2.75) is 18.9 Å². The fourth-order valence-corrected chi connectivity index (χ4v) is 1.79. The van der Waals surface area contributed by atoms with Gasteiger partial charge in [0.1, 0.15) is 5.69 Å². The summed E-state index contributed by atoms with van der Waals surface area (Å²) >= 11 is 0. The van der Waals surface area contributed by atoms with Crippen LogP contribution in [0, 0.1) is 0 Å². The molecule has 1 atom stereocenters. The number of hydrogen-bond donors (Lipinski definition) is 3. The van der Waals surface area contributed by atoms with Gasteiger partial charge < -0.3 is 16.0 Å². The molecular weight excluding hydrogens is 232 g/mol. The number of pyridine rings is 1. The highest BCUT2D eigenvalue weighted by Crippen LogP contribution is 2.07. The van der Waals surface area contributed by atoms with Gasteiger partial charge in [0.05, 0.1) is 11.9 Å². The number of nitrogens with one attached hydrogen (secondary N) is 3. The van der Waals surface area contributed by atoms with Crippen molar-refractivity contribution in [1.29, 1.82) is 0 Å². The molecule has 2 rings (SSSR count). The van der Waals surface area contributed by atoms with E-state index < -0.39 is 0 Å². The number of anilines is 1. The van der Waals surface area contributed by atoms with Crippen LogP contribution in [-0.4, -0.2) is 36.4 Å². The van der Waals surface area contributed by atoms with Crippen LogP contribution in [0.2, 0.25) is 0 Å². The number of piperidine rings is 1. The minimum Gasteiger partial charge on any atom is -0.387 e. The highest BCUT2D eigenvalue weighted by Gasteiger charge is 2.20. The number of aromatic nitrogens is 1. The molecule has 0 bridgehead atoms. The molecule has 0 aliphatic carbocycles. The average molecular weight is 248 g/mol. The molecule has 6 heteroatoms. The summed E-state index contributed by atoms with van der Waals surface area (Å²) < 4.78 is 0. The normalized spacial score (nSPS) is 18.9. The van der Waals surface area contributed by atoms with E-state index >= 15 is 0 Å². The number of nitrogens with zero attached hydrogens (tertiary/aromatic N) is 1. The van der Waals surface area contributed by atoms with E-state index in [1.165, 1.54) is 0 Å². The van der Waals surface area contributed by atoms with Crippen LogP contribution in [0.5, 0.6) is 0 Å². The Bertz CT molecular complexity index is 434. The van der Waals surface area contributed by atoms with E-state index in [9.17, 15) is 9.59 Å². The number of hydrogen-bond acceptors (Lipinski definition) is 4. The minimum atomic E-state index is -0.209. The van der Waals surface area contributed by atoms with Gasteiger partial charge in [0.15, 0.2) is 0 Å². The average Bonchev–Trinajstić information content (AvgIpc) is 2.41. The van der Waals surface area contributed by atoms with Crippen LogP contribution in [0.1, 0.15) is 23.3 Å². The van der Waals surface area contributed by atoms with Crippen LogP contribution < -0.4 is 16.0 Å². The number of amides is 2. The zero-order valence-corrected chi connectivity index (χ0v) is 10.2. The fraction of sp³-hybridized carbons (Fsp3) is 0.417. The summed E-state index contributed by atoms with van der Waals surface area (Å²) in [6.45, 7) is 0.485. The molecule has 1 aromatic heterocycles. The third kappa shape index (κ3) is 2.97. The quantitative estimate of drug-likeness (QED) is 0.710. The Kier molecular flexibility index (Phi) is 3.76. The first-order valence-electron chi connectivity index (χ1n) is 5.90. The minimum absolute atomic E-state index is 0.0130. The molecule has 3 N–H and O–H groups in total. The molecule has 0 aromatic carbocycles. The highest BCUT2D eigenvalue weighted by atomic mass is 16.2. The molecular formula is C12H16N4O2. The van der Waals surface area contributed by atoms with Crippen LogP contribution in [-0.2, 0) is 4.79 Å². The lowest BCUT2D eigenvalue weighted by Gasteiger charge is -2.23. The zero-order chi connectivity index (χ0) is 13.0. The Balaban J connectivity index is 1.92. The second-order valence-corrected chi connectivity index (χ2v) is 4.20. The highest BCUT2D eigenvalue weighted by molar-refractivity contribution is 5.92.